The molecular formula is C38H47FN4O4. The van der Waals surface area contributed by atoms with Gasteiger partial charge in [-0.3, -0.25) is 4.79 Å². The fraction of sp³-hybridized carbons (Fsp3) is 0.474. The molecule has 1 unspecified atom stereocenters. The number of hydrogen-bond acceptors (Lipinski definition) is 7. The highest BCUT2D eigenvalue weighted by atomic mass is 19.1. The molecule has 6 rings (SSSR count). The van der Waals surface area contributed by atoms with Crippen molar-refractivity contribution in [3.05, 3.63) is 95.3 Å². The molecule has 8 nitrogen and oxygen atoms in total. The van der Waals surface area contributed by atoms with Gasteiger partial charge in [-0.2, -0.15) is 0 Å². The second-order valence-corrected chi connectivity index (χ2v) is 14.8. The van der Waals surface area contributed by atoms with Crippen molar-refractivity contribution < 1.29 is 23.8 Å². The van der Waals surface area contributed by atoms with Gasteiger partial charge in [0.05, 0.1) is 12.2 Å². The molecule has 3 aliphatic heterocycles. The fourth-order valence-corrected chi connectivity index (χ4v) is 7.47. The number of ether oxygens (including phenoxy) is 1. The van der Waals surface area contributed by atoms with Gasteiger partial charge in [0.15, 0.2) is 0 Å². The number of carbonyl (C=O) groups is 2. The fourth-order valence-electron chi connectivity index (χ4n) is 7.47. The number of para-hydroxylation sites is 1. The van der Waals surface area contributed by atoms with E-state index in [1.807, 2.05) is 49.9 Å². The predicted molar refractivity (Wildman–Crippen MR) is 182 cm³/mol. The molecule has 3 aromatic carbocycles. The van der Waals surface area contributed by atoms with Gasteiger partial charge in [0.1, 0.15) is 23.2 Å². The molecule has 250 valence electrons. The van der Waals surface area contributed by atoms with E-state index in [4.69, 9.17) is 4.74 Å². The Morgan fingerprint density at radius 3 is 2.38 bits per heavy atom. The van der Waals surface area contributed by atoms with Gasteiger partial charge in [0.2, 0.25) is 5.91 Å². The minimum absolute atomic E-state index is 0.0585. The minimum atomic E-state index is -0.731. The largest absolute Gasteiger partial charge is 0.456 e. The highest BCUT2D eigenvalue weighted by Gasteiger charge is 2.53. The van der Waals surface area contributed by atoms with Crippen molar-refractivity contribution in [3.8, 4) is 0 Å². The summed E-state index contributed by atoms with van der Waals surface area (Å²) >= 11 is 0. The lowest BCUT2D eigenvalue weighted by Crippen LogP contribution is -2.56. The molecule has 2 fully saturated rings. The van der Waals surface area contributed by atoms with Crippen molar-refractivity contribution in [2.45, 2.75) is 83.2 Å². The van der Waals surface area contributed by atoms with Crippen LogP contribution in [0.3, 0.4) is 0 Å². The summed E-state index contributed by atoms with van der Waals surface area (Å²) < 4.78 is 19.5. The summed E-state index contributed by atoms with van der Waals surface area (Å²) in [7, 11) is 0. The van der Waals surface area contributed by atoms with E-state index in [1.54, 1.807) is 24.3 Å². The SMILES string of the molecule is CC(C)(C)OC(=O)c1cccc(CN2CN(c3ccc(F)cc3)C3(CCN(CCCN4c5ccccc5C(C)(C)C4O)CC3)C2=O)c1. The van der Waals surface area contributed by atoms with Crippen LogP contribution in [0.15, 0.2) is 72.8 Å². The third-order valence-electron chi connectivity index (χ3n) is 9.99. The number of nitrogens with zero attached hydrogens (tertiary/aromatic N) is 4. The smallest absolute Gasteiger partial charge is 0.338 e. The number of halogens is 1. The zero-order chi connectivity index (χ0) is 33.6. The van der Waals surface area contributed by atoms with Gasteiger partial charge in [0, 0.05) is 43.0 Å². The third kappa shape index (κ3) is 6.48. The first-order valence-corrected chi connectivity index (χ1v) is 16.7. The molecule has 0 aliphatic carbocycles. The van der Waals surface area contributed by atoms with Crippen molar-refractivity contribution in [2.24, 2.45) is 0 Å². The first kappa shape index (κ1) is 33.0. The molecule has 2 saturated heterocycles. The van der Waals surface area contributed by atoms with Gasteiger partial charge in [-0.15, -0.1) is 0 Å². The number of esters is 1. The molecule has 0 saturated carbocycles. The van der Waals surface area contributed by atoms with Gasteiger partial charge >= 0.3 is 5.97 Å². The van der Waals surface area contributed by atoms with E-state index in [0.717, 1.165) is 49.5 Å². The zero-order valence-electron chi connectivity index (χ0n) is 28.2. The number of piperidine rings is 1. The molecule has 1 spiro atoms. The summed E-state index contributed by atoms with van der Waals surface area (Å²) in [5.74, 6) is -0.646. The van der Waals surface area contributed by atoms with Crippen LogP contribution in [-0.2, 0) is 21.5 Å². The highest BCUT2D eigenvalue weighted by Crippen LogP contribution is 2.44. The van der Waals surface area contributed by atoms with E-state index in [-0.39, 0.29) is 17.1 Å². The van der Waals surface area contributed by atoms with E-state index >= 15 is 0 Å². The van der Waals surface area contributed by atoms with Crippen LogP contribution < -0.4 is 9.80 Å². The molecule has 0 bridgehead atoms. The minimum Gasteiger partial charge on any atom is -0.456 e. The molecule has 3 aliphatic rings. The number of hydrogen-bond donors (Lipinski definition) is 1. The molecule has 0 aromatic heterocycles. The van der Waals surface area contributed by atoms with Crippen LogP contribution in [-0.4, -0.2) is 77.0 Å². The molecule has 3 heterocycles. The summed E-state index contributed by atoms with van der Waals surface area (Å²) in [6, 6.07) is 21.9. The maximum absolute atomic E-state index is 14.3. The highest BCUT2D eigenvalue weighted by molar-refractivity contribution is 5.94. The maximum Gasteiger partial charge on any atom is 0.338 e. The van der Waals surface area contributed by atoms with Gasteiger partial charge in [0.25, 0.3) is 0 Å². The van der Waals surface area contributed by atoms with Crippen LogP contribution in [0.4, 0.5) is 15.8 Å². The lowest BCUT2D eigenvalue weighted by atomic mass is 9.85. The third-order valence-corrected chi connectivity index (χ3v) is 9.99. The number of likely N-dealkylation sites (tertiary alicyclic amines) is 1. The van der Waals surface area contributed by atoms with Gasteiger partial charge < -0.3 is 29.4 Å². The van der Waals surface area contributed by atoms with Gasteiger partial charge in [-0.1, -0.05) is 44.2 Å². The van der Waals surface area contributed by atoms with Crippen molar-refractivity contribution in [1.82, 2.24) is 9.80 Å². The monoisotopic (exact) mass is 642 g/mol. The van der Waals surface area contributed by atoms with Gasteiger partial charge in [-0.25, -0.2) is 9.18 Å². The first-order valence-electron chi connectivity index (χ1n) is 16.7. The number of fused-ring (bicyclic) bond motifs is 1. The summed E-state index contributed by atoms with van der Waals surface area (Å²) in [4.78, 5) is 35.6. The zero-order valence-corrected chi connectivity index (χ0v) is 28.2. The lowest BCUT2D eigenvalue weighted by molar-refractivity contribution is -0.134. The molecular weight excluding hydrogens is 595 g/mol. The van der Waals surface area contributed by atoms with Crippen LogP contribution in [0, 0.1) is 5.82 Å². The average molecular weight is 643 g/mol. The Hall–Kier alpha value is -3.95. The average Bonchev–Trinajstić information content (AvgIpc) is 3.40. The predicted octanol–water partition coefficient (Wildman–Crippen LogP) is 5.93. The first-order chi connectivity index (χ1) is 22.3. The number of aliphatic hydroxyl groups is 1. The van der Waals surface area contributed by atoms with E-state index in [0.29, 0.717) is 31.6 Å². The molecule has 1 N–H and O–H groups in total. The molecule has 1 amide bonds. The summed E-state index contributed by atoms with van der Waals surface area (Å²) in [6.07, 6.45) is 1.63. The van der Waals surface area contributed by atoms with E-state index < -0.39 is 23.3 Å². The summed E-state index contributed by atoms with van der Waals surface area (Å²) in [6.45, 7) is 13.6. The van der Waals surface area contributed by atoms with Crippen LogP contribution in [0.5, 0.6) is 0 Å². The van der Waals surface area contributed by atoms with Crippen molar-refractivity contribution in [2.75, 3.05) is 42.6 Å². The Labute approximate surface area is 277 Å². The van der Waals surface area contributed by atoms with Crippen LogP contribution in [0.25, 0.3) is 0 Å². The van der Waals surface area contributed by atoms with E-state index in [1.165, 1.54) is 17.7 Å². The molecule has 9 heteroatoms. The number of carbonyl (C=O) groups excluding carboxylic acids is 2. The Morgan fingerprint density at radius 2 is 1.68 bits per heavy atom. The molecule has 0 radical (unpaired) electrons. The standard InChI is InChI=1S/C38H47FN4O4/c1-36(2,3)47-33(44)28-11-8-10-27(24-28)25-41-26-43(30-16-14-29(39)15-17-30)38(35(41)46)18-22-40(23-19-38)20-9-21-42-32-13-7-6-12-31(32)37(4,5)34(42)45/h6-8,10-17,24,34,45H,9,18-23,25-26H2,1-5H3. The Bertz CT molecular complexity index is 1610. The molecule has 47 heavy (non-hydrogen) atoms. The second-order valence-electron chi connectivity index (χ2n) is 14.8. The number of aliphatic hydroxyl groups excluding tert-OH is 1. The van der Waals surface area contributed by atoms with Crippen molar-refractivity contribution >= 4 is 23.3 Å². The van der Waals surface area contributed by atoms with E-state index in [9.17, 15) is 19.1 Å². The van der Waals surface area contributed by atoms with Crippen LogP contribution in [0.1, 0.15) is 75.4 Å². The molecule has 3 aromatic rings. The quantitative estimate of drug-likeness (QED) is 0.306. The van der Waals surface area contributed by atoms with Crippen LogP contribution >= 0.6 is 0 Å². The Balaban J connectivity index is 1.14. The number of benzene rings is 3. The van der Waals surface area contributed by atoms with Crippen molar-refractivity contribution in [3.63, 3.8) is 0 Å². The van der Waals surface area contributed by atoms with Crippen LogP contribution in [0.2, 0.25) is 0 Å². The Morgan fingerprint density at radius 1 is 0.979 bits per heavy atom. The topological polar surface area (TPSA) is 76.6 Å². The van der Waals surface area contributed by atoms with Crippen molar-refractivity contribution in [1.29, 1.82) is 0 Å². The number of amides is 1. The molecule has 1 atom stereocenters. The summed E-state index contributed by atoms with van der Waals surface area (Å²) in [5, 5.41) is 11.1. The lowest BCUT2D eigenvalue weighted by Gasteiger charge is -2.43. The second kappa shape index (κ2) is 12.6. The Kier molecular flexibility index (Phi) is 8.82. The van der Waals surface area contributed by atoms with Gasteiger partial charge in [-0.05, 0) is 100 Å². The number of anilines is 2. The normalized spacial score (nSPS) is 20.6. The number of rotatable bonds is 8. The van der Waals surface area contributed by atoms with E-state index in [2.05, 4.69) is 40.7 Å². The maximum atomic E-state index is 14.3. The summed E-state index contributed by atoms with van der Waals surface area (Å²) in [5.41, 5.74) is 2.74.